The van der Waals surface area contributed by atoms with Crippen molar-refractivity contribution in [3.63, 3.8) is 0 Å². The number of amides is 1. The zero-order chi connectivity index (χ0) is 22.8. The van der Waals surface area contributed by atoms with E-state index in [4.69, 9.17) is 4.74 Å². The van der Waals surface area contributed by atoms with Crippen LogP contribution in [0.2, 0.25) is 0 Å². The van der Waals surface area contributed by atoms with Gasteiger partial charge >= 0.3 is 0 Å². The number of likely N-dealkylation sites (tertiary alicyclic amines) is 2. The maximum absolute atomic E-state index is 14.3. The van der Waals surface area contributed by atoms with Crippen molar-refractivity contribution in [2.75, 3.05) is 26.7 Å². The molecule has 0 spiro atoms. The molecular weight excluding hydrogens is 415 g/mol. The van der Waals surface area contributed by atoms with Crippen LogP contribution in [0.4, 0.5) is 4.39 Å². The highest BCUT2D eigenvalue weighted by atomic mass is 19.1. The lowest BCUT2D eigenvalue weighted by molar-refractivity contribution is 0.0613. The van der Waals surface area contributed by atoms with Gasteiger partial charge in [0.15, 0.2) is 0 Å². The van der Waals surface area contributed by atoms with Crippen LogP contribution in [0.25, 0.3) is 0 Å². The van der Waals surface area contributed by atoms with E-state index < -0.39 is 0 Å². The second-order valence-electron chi connectivity index (χ2n) is 9.05. The molecule has 2 heterocycles. The van der Waals surface area contributed by atoms with Gasteiger partial charge in [-0.2, -0.15) is 0 Å². The molecule has 170 valence electrons. The van der Waals surface area contributed by atoms with E-state index in [9.17, 15) is 9.18 Å². The van der Waals surface area contributed by atoms with Crippen molar-refractivity contribution in [3.8, 4) is 5.75 Å². The molecule has 2 aliphatic heterocycles. The molecule has 0 aromatic heterocycles. The molecule has 2 saturated heterocycles. The van der Waals surface area contributed by atoms with Crippen LogP contribution in [0.1, 0.15) is 33.8 Å². The molecule has 5 rings (SSSR count). The summed E-state index contributed by atoms with van der Waals surface area (Å²) < 4.78 is 19.8. The third-order valence-electron chi connectivity index (χ3n) is 7.17. The van der Waals surface area contributed by atoms with E-state index in [1.165, 1.54) is 11.6 Å². The van der Waals surface area contributed by atoms with Crippen LogP contribution in [0.5, 0.6) is 5.75 Å². The second-order valence-corrected chi connectivity index (χ2v) is 9.05. The van der Waals surface area contributed by atoms with Crippen LogP contribution in [0.15, 0.2) is 78.9 Å². The van der Waals surface area contributed by atoms with Gasteiger partial charge in [-0.05, 0) is 42.3 Å². The summed E-state index contributed by atoms with van der Waals surface area (Å²) in [5.41, 5.74) is 2.65. The third kappa shape index (κ3) is 4.38. The fourth-order valence-electron chi connectivity index (χ4n) is 5.52. The van der Waals surface area contributed by atoms with Gasteiger partial charge in [-0.1, -0.05) is 48.5 Å². The third-order valence-corrected chi connectivity index (χ3v) is 7.17. The van der Waals surface area contributed by atoms with Gasteiger partial charge in [-0.25, -0.2) is 4.39 Å². The standard InChI is InChI=1S/C28H29FN2O2/c1-33-23-12-7-11-21(16-23)24-19-31(28(32)20-8-3-2-4-9-20)27-14-15-30(18-25(24)27)17-22-10-5-6-13-26(22)29/h2-13,16,24-25,27H,14-15,17-19H2,1H3/t24-,25-,27-/m1/s1. The average Bonchev–Trinajstić information content (AvgIpc) is 3.24. The molecule has 3 atom stereocenters. The van der Waals surface area contributed by atoms with Crippen molar-refractivity contribution in [2.45, 2.75) is 24.9 Å². The zero-order valence-corrected chi connectivity index (χ0v) is 18.9. The summed E-state index contributed by atoms with van der Waals surface area (Å²) in [6.07, 6.45) is 0.887. The Bertz CT molecular complexity index is 1120. The molecule has 0 saturated carbocycles. The SMILES string of the molecule is COc1cccc([C@H]2CN(C(=O)c3ccccc3)[C@@H]3CCN(Cc4ccccc4F)C[C@H]23)c1. The summed E-state index contributed by atoms with van der Waals surface area (Å²) in [6, 6.07) is 24.9. The molecule has 0 bridgehead atoms. The van der Waals surface area contributed by atoms with Crippen LogP contribution in [-0.2, 0) is 6.54 Å². The lowest BCUT2D eigenvalue weighted by Gasteiger charge is -2.39. The Hall–Kier alpha value is -3.18. The van der Waals surface area contributed by atoms with Crippen molar-refractivity contribution in [3.05, 3.63) is 101 Å². The fraction of sp³-hybridized carbons (Fsp3) is 0.321. The number of hydrogen-bond donors (Lipinski definition) is 0. The number of methoxy groups -OCH3 is 1. The Labute approximate surface area is 194 Å². The van der Waals surface area contributed by atoms with Gasteiger partial charge in [-0.3, -0.25) is 9.69 Å². The minimum absolute atomic E-state index is 0.0959. The largest absolute Gasteiger partial charge is 0.497 e. The molecule has 5 heteroatoms. The van der Waals surface area contributed by atoms with Crippen LogP contribution >= 0.6 is 0 Å². The fourth-order valence-corrected chi connectivity index (χ4v) is 5.52. The monoisotopic (exact) mass is 444 g/mol. The lowest BCUT2D eigenvalue weighted by Crippen LogP contribution is -2.47. The normalized spacial score (nSPS) is 22.7. The quantitative estimate of drug-likeness (QED) is 0.557. The predicted molar refractivity (Wildman–Crippen MR) is 127 cm³/mol. The zero-order valence-electron chi connectivity index (χ0n) is 18.9. The molecule has 3 aromatic rings. The van der Waals surface area contributed by atoms with Gasteiger partial charge in [0.05, 0.1) is 7.11 Å². The number of benzene rings is 3. The molecule has 33 heavy (non-hydrogen) atoms. The molecular formula is C28H29FN2O2. The summed E-state index contributed by atoms with van der Waals surface area (Å²) >= 11 is 0. The van der Waals surface area contributed by atoms with Crippen LogP contribution in [0, 0.1) is 11.7 Å². The van der Waals surface area contributed by atoms with E-state index in [1.54, 1.807) is 13.2 Å². The number of nitrogens with zero attached hydrogens (tertiary/aromatic N) is 2. The van der Waals surface area contributed by atoms with E-state index in [-0.39, 0.29) is 29.6 Å². The van der Waals surface area contributed by atoms with E-state index in [0.29, 0.717) is 13.1 Å². The first kappa shape index (κ1) is 21.7. The van der Waals surface area contributed by atoms with Crippen LogP contribution in [-0.4, -0.2) is 48.5 Å². The molecule has 0 radical (unpaired) electrons. The van der Waals surface area contributed by atoms with Gasteiger partial charge in [0.25, 0.3) is 5.91 Å². The van der Waals surface area contributed by atoms with Crippen molar-refractivity contribution in [1.29, 1.82) is 0 Å². The predicted octanol–water partition coefficient (Wildman–Crippen LogP) is 4.96. The highest BCUT2D eigenvalue weighted by Crippen LogP contribution is 2.43. The van der Waals surface area contributed by atoms with Gasteiger partial charge in [0, 0.05) is 55.2 Å². The smallest absolute Gasteiger partial charge is 0.254 e. The van der Waals surface area contributed by atoms with Crippen molar-refractivity contribution in [1.82, 2.24) is 9.80 Å². The van der Waals surface area contributed by atoms with Gasteiger partial charge < -0.3 is 9.64 Å². The number of piperidine rings is 1. The van der Waals surface area contributed by atoms with E-state index in [2.05, 4.69) is 21.9 Å². The molecule has 3 aromatic carbocycles. The summed E-state index contributed by atoms with van der Waals surface area (Å²) in [4.78, 5) is 17.9. The first-order valence-corrected chi connectivity index (χ1v) is 11.6. The van der Waals surface area contributed by atoms with E-state index in [0.717, 1.165) is 36.4 Å². The maximum atomic E-state index is 14.3. The first-order valence-electron chi connectivity index (χ1n) is 11.6. The Kier molecular flexibility index (Phi) is 6.14. The molecule has 0 aliphatic carbocycles. The number of fused-ring (bicyclic) bond motifs is 1. The van der Waals surface area contributed by atoms with Gasteiger partial charge in [-0.15, -0.1) is 0 Å². The molecule has 2 aliphatic rings. The summed E-state index contributed by atoms with van der Waals surface area (Å²) in [5.74, 6) is 1.26. The summed E-state index contributed by atoms with van der Waals surface area (Å²) in [5, 5.41) is 0. The maximum Gasteiger partial charge on any atom is 0.254 e. The Morgan fingerprint density at radius 3 is 2.58 bits per heavy atom. The van der Waals surface area contributed by atoms with E-state index >= 15 is 0 Å². The van der Waals surface area contributed by atoms with Crippen LogP contribution < -0.4 is 4.74 Å². The van der Waals surface area contributed by atoms with Crippen LogP contribution in [0.3, 0.4) is 0 Å². The number of rotatable bonds is 5. The summed E-state index contributed by atoms with van der Waals surface area (Å²) in [6.45, 7) is 2.95. The number of ether oxygens (including phenoxy) is 1. The van der Waals surface area contributed by atoms with Crippen molar-refractivity contribution in [2.24, 2.45) is 5.92 Å². The Morgan fingerprint density at radius 2 is 1.79 bits per heavy atom. The Balaban J connectivity index is 1.43. The van der Waals surface area contributed by atoms with Gasteiger partial charge in [0.2, 0.25) is 0 Å². The Morgan fingerprint density at radius 1 is 1.00 bits per heavy atom. The molecule has 0 N–H and O–H groups in total. The highest BCUT2D eigenvalue weighted by molar-refractivity contribution is 5.94. The number of carbonyl (C=O) groups is 1. The van der Waals surface area contributed by atoms with E-state index in [1.807, 2.05) is 54.6 Å². The molecule has 1 amide bonds. The number of halogens is 1. The average molecular weight is 445 g/mol. The second kappa shape index (κ2) is 9.36. The molecule has 2 fully saturated rings. The summed E-state index contributed by atoms with van der Waals surface area (Å²) in [7, 11) is 1.68. The van der Waals surface area contributed by atoms with Gasteiger partial charge in [0.1, 0.15) is 11.6 Å². The minimum atomic E-state index is -0.156. The first-order chi connectivity index (χ1) is 16.1. The number of hydrogen-bond acceptors (Lipinski definition) is 3. The molecule has 0 unspecified atom stereocenters. The van der Waals surface area contributed by atoms with Crippen molar-refractivity contribution < 1.29 is 13.9 Å². The lowest BCUT2D eigenvalue weighted by atomic mass is 9.81. The minimum Gasteiger partial charge on any atom is -0.497 e. The van der Waals surface area contributed by atoms with Crippen molar-refractivity contribution >= 4 is 5.91 Å². The topological polar surface area (TPSA) is 32.8 Å². The number of carbonyl (C=O) groups excluding carboxylic acids is 1. The highest BCUT2D eigenvalue weighted by Gasteiger charge is 2.47. The molecule has 4 nitrogen and oxygen atoms in total.